The number of pyridine rings is 3. The summed E-state index contributed by atoms with van der Waals surface area (Å²) in [6.45, 7) is 0. The molecule has 254 valence electrons. The van der Waals surface area contributed by atoms with E-state index in [0.717, 1.165) is 84.2 Å². The molecule has 0 amide bonds. The molecule has 0 bridgehead atoms. The van der Waals surface area contributed by atoms with Gasteiger partial charge in [-0.2, -0.15) is 0 Å². The Kier molecular flexibility index (Phi) is 8.86. The van der Waals surface area contributed by atoms with E-state index in [-0.39, 0.29) is 0 Å². The van der Waals surface area contributed by atoms with Gasteiger partial charge in [-0.25, -0.2) is 15.0 Å². The Balaban J connectivity index is 1.04. The molecule has 0 atom stereocenters. The zero-order valence-electron chi connectivity index (χ0n) is 29.3. The Labute approximate surface area is 314 Å². The summed E-state index contributed by atoms with van der Waals surface area (Å²) in [4.78, 5) is 24.5. The van der Waals surface area contributed by atoms with E-state index in [1.807, 2.05) is 91.1 Å². The highest BCUT2D eigenvalue weighted by atomic mass is 14.9. The first-order valence-corrected chi connectivity index (χ1v) is 17.9. The van der Waals surface area contributed by atoms with Crippen molar-refractivity contribution in [3.05, 3.63) is 200 Å². The smallest absolute Gasteiger partial charge is 0.160 e. The van der Waals surface area contributed by atoms with E-state index in [4.69, 9.17) is 19.9 Å². The second-order valence-corrected chi connectivity index (χ2v) is 13.0. The van der Waals surface area contributed by atoms with Gasteiger partial charge in [0, 0.05) is 34.6 Å². The van der Waals surface area contributed by atoms with Crippen LogP contribution in [0.5, 0.6) is 0 Å². The Morgan fingerprint density at radius 3 is 1.35 bits per heavy atom. The average Bonchev–Trinajstić information content (AvgIpc) is 3.27. The summed E-state index contributed by atoms with van der Waals surface area (Å²) in [6.07, 6.45) is 3.74. The molecule has 0 saturated heterocycles. The van der Waals surface area contributed by atoms with Crippen LogP contribution in [-0.2, 0) is 0 Å². The highest BCUT2D eigenvalue weighted by Gasteiger charge is 2.14. The van der Waals surface area contributed by atoms with Crippen molar-refractivity contribution in [3.63, 3.8) is 0 Å². The molecule has 5 nitrogen and oxygen atoms in total. The summed E-state index contributed by atoms with van der Waals surface area (Å²) in [6, 6.07) is 64.1. The van der Waals surface area contributed by atoms with Gasteiger partial charge < -0.3 is 0 Å². The van der Waals surface area contributed by atoms with Gasteiger partial charge in [-0.3, -0.25) is 9.97 Å². The van der Waals surface area contributed by atoms with E-state index in [1.165, 1.54) is 0 Å². The lowest BCUT2D eigenvalue weighted by atomic mass is 9.94. The summed E-state index contributed by atoms with van der Waals surface area (Å²) in [5.41, 5.74) is 14.6. The fourth-order valence-electron chi connectivity index (χ4n) is 6.68. The van der Waals surface area contributed by atoms with Crippen molar-refractivity contribution < 1.29 is 0 Å². The normalized spacial score (nSPS) is 11.0. The minimum Gasteiger partial charge on any atom is -0.255 e. The van der Waals surface area contributed by atoms with E-state index in [9.17, 15) is 0 Å². The van der Waals surface area contributed by atoms with E-state index < -0.39 is 0 Å². The van der Waals surface area contributed by atoms with Crippen molar-refractivity contribution >= 4 is 0 Å². The van der Waals surface area contributed by atoms with Gasteiger partial charge in [0.2, 0.25) is 0 Å². The average molecular weight is 692 g/mol. The molecule has 0 saturated carbocycles. The minimum atomic E-state index is 0.701. The van der Waals surface area contributed by atoms with Crippen LogP contribution in [0.2, 0.25) is 0 Å². The zero-order chi connectivity index (χ0) is 36.1. The molecule has 4 aromatic heterocycles. The van der Waals surface area contributed by atoms with Crippen molar-refractivity contribution in [2.24, 2.45) is 0 Å². The molecule has 9 aromatic rings. The predicted octanol–water partition coefficient (Wildman–Crippen LogP) is 12.0. The van der Waals surface area contributed by atoms with E-state index in [0.29, 0.717) is 5.82 Å². The Morgan fingerprint density at radius 1 is 0.259 bits per heavy atom. The number of nitrogens with zero attached hydrogens (tertiary/aromatic N) is 5. The maximum Gasteiger partial charge on any atom is 0.160 e. The fraction of sp³-hybridized carbons (Fsp3) is 0. The molecule has 0 aliphatic heterocycles. The van der Waals surface area contributed by atoms with Crippen LogP contribution in [0.1, 0.15) is 0 Å². The fourth-order valence-corrected chi connectivity index (χ4v) is 6.68. The number of hydrogen-bond acceptors (Lipinski definition) is 5. The second kappa shape index (κ2) is 14.7. The van der Waals surface area contributed by atoms with Gasteiger partial charge in [-0.15, -0.1) is 0 Å². The van der Waals surface area contributed by atoms with Gasteiger partial charge in [0.05, 0.1) is 34.2 Å². The molecule has 0 radical (unpaired) electrons. The van der Waals surface area contributed by atoms with Crippen LogP contribution in [0.25, 0.3) is 90.1 Å². The first-order chi connectivity index (χ1) is 26.7. The standard InChI is InChI=1S/C49H33N5/c1-4-14-34(15-5-1)40-30-47(43-22-12-13-29-50-43)52-48(31-40)44-28-27-39(33-51-44)42-21-11-10-20-41(42)35-23-25-37(26-24-35)46-32-45(36-16-6-2-7-17-36)53-49(54-46)38-18-8-3-9-19-38/h1-33H. The van der Waals surface area contributed by atoms with E-state index >= 15 is 0 Å². The Bertz CT molecular complexity index is 2360. The second-order valence-electron chi connectivity index (χ2n) is 13.0. The molecular weight excluding hydrogens is 659 g/mol. The van der Waals surface area contributed by atoms with Gasteiger partial charge in [-0.1, -0.05) is 152 Å². The van der Waals surface area contributed by atoms with E-state index in [2.05, 4.69) is 108 Å². The third-order valence-corrected chi connectivity index (χ3v) is 9.44. The molecule has 0 aliphatic carbocycles. The molecule has 54 heavy (non-hydrogen) atoms. The lowest BCUT2D eigenvalue weighted by Gasteiger charge is -2.13. The van der Waals surface area contributed by atoms with Crippen molar-refractivity contribution in [2.75, 3.05) is 0 Å². The van der Waals surface area contributed by atoms with Gasteiger partial charge >= 0.3 is 0 Å². The van der Waals surface area contributed by atoms with Crippen molar-refractivity contribution in [3.8, 4) is 90.1 Å². The molecule has 0 N–H and O–H groups in total. The van der Waals surface area contributed by atoms with Crippen molar-refractivity contribution in [2.45, 2.75) is 0 Å². The first kappa shape index (κ1) is 32.5. The van der Waals surface area contributed by atoms with Gasteiger partial charge in [0.1, 0.15) is 0 Å². The third kappa shape index (κ3) is 6.82. The predicted molar refractivity (Wildman–Crippen MR) is 219 cm³/mol. The molecule has 5 heteroatoms. The maximum atomic E-state index is 5.02. The van der Waals surface area contributed by atoms with Crippen LogP contribution in [0.3, 0.4) is 0 Å². The molecule has 0 fully saturated rings. The van der Waals surface area contributed by atoms with Crippen LogP contribution < -0.4 is 0 Å². The number of hydrogen-bond donors (Lipinski definition) is 0. The van der Waals surface area contributed by atoms with Crippen molar-refractivity contribution in [1.29, 1.82) is 0 Å². The molecule has 9 rings (SSSR count). The van der Waals surface area contributed by atoms with Crippen LogP contribution in [-0.4, -0.2) is 24.9 Å². The summed E-state index contributed by atoms with van der Waals surface area (Å²) in [7, 11) is 0. The number of benzene rings is 5. The van der Waals surface area contributed by atoms with E-state index in [1.54, 1.807) is 6.20 Å². The molecule has 0 aliphatic rings. The molecular formula is C49H33N5. The summed E-state index contributed by atoms with van der Waals surface area (Å²) < 4.78 is 0. The minimum absolute atomic E-state index is 0.701. The first-order valence-electron chi connectivity index (χ1n) is 17.9. The monoisotopic (exact) mass is 691 g/mol. The Hall–Kier alpha value is -7.37. The van der Waals surface area contributed by atoms with Crippen LogP contribution in [0, 0.1) is 0 Å². The highest BCUT2D eigenvalue weighted by molar-refractivity contribution is 5.85. The number of rotatable bonds is 8. The largest absolute Gasteiger partial charge is 0.255 e. The van der Waals surface area contributed by atoms with Crippen LogP contribution in [0.4, 0.5) is 0 Å². The van der Waals surface area contributed by atoms with Crippen LogP contribution >= 0.6 is 0 Å². The van der Waals surface area contributed by atoms with Gasteiger partial charge in [0.25, 0.3) is 0 Å². The SMILES string of the molecule is c1ccc(-c2cc(-c3ccccn3)nc(-c3ccc(-c4ccccc4-c4ccc(-c5cc(-c6ccccc6)nc(-c6ccccc6)n5)cc4)cn3)c2)cc1. The third-order valence-electron chi connectivity index (χ3n) is 9.44. The highest BCUT2D eigenvalue weighted by Crippen LogP contribution is 2.35. The lowest BCUT2D eigenvalue weighted by molar-refractivity contribution is 1.18. The quantitative estimate of drug-likeness (QED) is 0.159. The molecule has 0 unspecified atom stereocenters. The number of aromatic nitrogens is 5. The topological polar surface area (TPSA) is 64.5 Å². The van der Waals surface area contributed by atoms with Gasteiger partial charge in [-0.05, 0) is 64.2 Å². The summed E-state index contributed by atoms with van der Waals surface area (Å²) in [5.74, 6) is 0.701. The molecule has 5 aromatic carbocycles. The summed E-state index contributed by atoms with van der Waals surface area (Å²) >= 11 is 0. The molecule has 0 spiro atoms. The lowest BCUT2D eigenvalue weighted by Crippen LogP contribution is -1.96. The van der Waals surface area contributed by atoms with Crippen molar-refractivity contribution in [1.82, 2.24) is 24.9 Å². The molecule has 4 heterocycles. The van der Waals surface area contributed by atoms with Gasteiger partial charge in [0.15, 0.2) is 5.82 Å². The van der Waals surface area contributed by atoms with Crippen LogP contribution in [0.15, 0.2) is 200 Å². The Morgan fingerprint density at radius 2 is 0.759 bits per heavy atom. The maximum absolute atomic E-state index is 5.02. The zero-order valence-corrected chi connectivity index (χ0v) is 29.3. The summed E-state index contributed by atoms with van der Waals surface area (Å²) in [5, 5.41) is 0.